The first-order valence-electron chi connectivity index (χ1n) is 5.52. The molecule has 0 spiro atoms. The van der Waals surface area contributed by atoms with E-state index in [0.29, 0.717) is 21.7 Å². The number of hydrogen-bond donors (Lipinski definition) is 1. The second-order valence-electron chi connectivity index (χ2n) is 3.75. The van der Waals surface area contributed by atoms with Crippen LogP contribution in [0.3, 0.4) is 0 Å². The van der Waals surface area contributed by atoms with Gasteiger partial charge in [0.05, 0.1) is 16.4 Å². The predicted octanol–water partition coefficient (Wildman–Crippen LogP) is 3.54. The van der Waals surface area contributed by atoms with Crippen LogP contribution in [0.25, 0.3) is 5.69 Å². The normalized spacial score (nSPS) is 10.9. The Bertz CT molecular complexity index is 533. The molecule has 0 aliphatic carbocycles. The fraction of sp³-hybridized carbons (Fsp3) is 0.250. The van der Waals surface area contributed by atoms with E-state index in [1.165, 1.54) is 12.1 Å². The number of hydrogen-bond acceptors (Lipinski definition) is 2. The van der Waals surface area contributed by atoms with Crippen LogP contribution in [0.1, 0.15) is 12.6 Å². The zero-order valence-electron chi connectivity index (χ0n) is 9.75. The molecule has 1 aromatic carbocycles. The number of benzene rings is 1. The third-order valence-electron chi connectivity index (χ3n) is 2.41. The average molecular weight is 333 g/mol. The van der Waals surface area contributed by atoms with E-state index in [9.17, 15) is 4.39 Å². The van der Waals surface area contributed by atoms with E-state index >= 15 is 0 Å². The predicted molar refractivity (Wildman–Crippen MR) is 73.6 cm³/mol. The summed E-state index contributed by atoms with van der Waals surface area (Å²) in [5, 5.41) is 7.89. The van der Waals surface area contributed by atoms with Crippen LogP contribution >= 0.6 is 27.5 Å². The van der Waals surface area contributed by atoms with E-state index in [0.717, 1.165) is 12.2 Å². The summed E-state index contributed by atoms with van der Waals surface area (Å²) in [5.41, 5.74) is 1.55. The Hall–Kier alpha value is -0.910. The Kier molecular flexibility index (Phi) is 4.37. The molecule has 2 aromatic rings. The second-order valence-corrected chi connectivity index (χ2v) is 5.01. The molecule has 0 unspecified atom stereocenters. The molecular weight excluding hydrogens is 321 g/mol. The molecule has 0 bridgehead atoms. The van der Waals surface area contributed by atoms with Crippen LogP contribution in [0.15, 0.2) is 28.9 Å². The van der Waals surface area contributed by atoms with Crippen molar-refractivity contribution >= 4 is 27.5 Å². The van der Waals surface area contributed by atoms with Crippen LogP contribution in [0.4, 0.5) is 4.39 Å². The summed E-state index contributed by atoms with van der Waals surface area (Å²) in [6, 6.07) is 4.54. The van der Waals surface area contributed by atoms with Gasteiger partial charge in [-0.1, -0.05) is 18.5 Å². The number of halogens is 3. The maximum Gasteiger partial charge on any atom is 0.125 e. The molecule has 2 rings (SSSR count). The monoisotopic (exact) mass is 331 g/mol. The van der Waals surface area contributed by atoms with E-state index in [1.807, 2.05) is 13.0 Å². The van der Waals surface area contributed by atoms with Gasteiger partial charge in [-0.25, -0.2) is 9.07 Å². The molecule has 1 N–H and O–H groups in total. The summed E-state index contributed by atoms with van der Waals surface area (Å²) in [5.74, 6) is -0.379. The minimum atomic E-state index is -0.379. The third-order valence-corrected chi connectivity index (χ3v) is 3.30. The minimum absolute atomic E-state index is 0.319. The van der Waals surface area contributed by atoms with E-state index in [2.05, 4.69) is 26.3 Å². The largest absolute Gasteiger partial charge is 0.311 e. The molecule has 0 saturated carbocycles. The highest BCUT2D eigenvalue weighted by Gasteiger charge is 2.11. The quantitative estimate of drug-likeness (QED) is 0.928. The van der Waals surface area contributed by atoms with E-state index in [1.54, 1.807) is 10.9 Å². The topological polar surface area (TPSA) is 29.9 Å². The molecule has 0 aliphatic heterocycles. The molecule has 6 heteroatoms. The molecule has 3 nitrogen and oxygen atoms in total. The summed E-state index contributed by atoms with van der Waals surface area (Å²) in [7, 11) is 0. The van der Waals surface area contributed by atoms with Crippen LogP contribution in [-0.2, 0) is 6.54 Å². The van der Waals surface area contributed by atoms with Crippen molar-refractivity contribution in [2.75, 3.05) is 6.54 Å². The smallest absolute Gasteiger partial charge is 0.125 e. The fourth-order valence-corrected chi connectivity index (χ4v) is 2.61. The highest BCUT2D eigenvalue weighted by molar-refractivity contribution is 9.10. The maximum absolute atomic E-state index is 13.1. The van der Waals surface area contributed by atoms with Gasteiger partial charge in [-0.05, 0) is 40.7 Å². The zero-order chi connectivity index (χ0) is 13.1. The average Bonchev–Trinajstić information content (AvgIpc) is 2.73. The standard InChI is InChI=1S/C12H12BrClFN3/c1-2-16-7-9-3-4-18(17-9)12-10(13)5-8(15)6-11(12)14/h3-6,16H,2,7H2,1H3. The maximum atomic E-state index is 13.1. The van der Waals surface area contributed by atoms with Gasteiger partial charge in [0.2, 0.25) is 0 Å². The lowest BCUT2D eigenvalue weighted by Crippen LogP contribution is -2.12. The number of rotatable bonds is 4. The molecule has 0 saturated heterocycles. The zero-order valence-corrected chi connectivity index (χ0v) is 12.1. The van der Waals surface area contributed by atoms with Crippen LogP contribution < -0.4 is 5.32 Å². The van der Waals surface area contributed by atoms with Gasteiger partial charge in [-0.3, -0.25) is 0 Å². The summed E-state index contributed by atoms with van der Waals surface area (Å²) < 4.78 is 15.4. The molecule has 96 valence electrons. The molecule has 0 aliphatic rings. The van der Waals surface area contributed by atoms with Gasteiger partial charge in [0.1, 0.15) is 5.82 Å². The molecule has 0 atom stereocenters. The van der Waals surface area contributed by atoms with Gasteiger partial charge in [0, 0.05) is 17.2 Å². The lowest BCUT2D eigenvalue weighted by molar-refractivity contribution is 0.625. The van der Waals surface area contributed by atoms with Crippen LogP contribution in [0.5, 0.6) is 0 Å². The second kappa shape index (κ2) is 5.82. The van der Waals surface area contributed by atoms with E-state index in [4.69, 9.17) is 11.6 Å². The van der Waals surface area contributed by atoms with Crippen molar-refractivity contribution in [2.45, 2.75) is 13.5 Å². The summed E-state index contributed by atoms with van der Waals surface area (Å²) in [6.07, 6.45) is 1.80. The number of nitrogens with zero attached hydrogens (tertiary/aromatic N) is 2. The summed E-state index contributed by atoms with van der Waals surface area (Å²) in [4.78, 5) is 0. The highest BCUT2D eigenvalue weighted by atomic mass is 79.9. The fourth-order valence-electron chi connectivity index (χ4n) is 1.59. The Morgan fingerprint density at radius 1 is 1.50 bits per heavy atom. The van der Waals surface area contributed by atoms with Crippen LogP contribution in [-0.4, -0.2) is 16.3 Å². The Morgan fingerprint density at radius 2 is 2.28 bits per heavy atom. The molecule has 0 radical (unpaired) electrons. The van der Waals surface area contributed by atoms with Crippen molar-refractivity contribution in [3.63, 3.8) is 0 Å². The van der Waals surface area contributed by atoms with Crippen LogP contribution in [0.2, 0.25) is 5.02 Å². The lowest BCUT2D eigenvalue weighted by atomic mass is 10.3. The Morgan fingerprint density at radius 3 is 2.94 bits per heavy atom. The lowest BCUT2D eigenvalue weighted by Gasteiger charge is -2.07. The SMILES string of the molecule is CCNCc1ccn(-c2c(Cl)cc(F)cc2Br)n1. The van der Waals surface area contributed by atoms with Gasteiger partial charge in [0.25, 0.3) is 0 Å². The minimum Gasteiger partial charge on any atom is -0.311 e. The summed E-state index contributed by atoms with van der Waals surface area (Å²) in [6.45, 7) is 3.61. The third kappa shape index (κ3) is 2.91. The van der Waals surface area contributed by atoms with Crippen molar-refractivity contribution in [2.24, 2.45) is 0 Å². The van der Waals surface area contributed by atoms with Crippen molar-refractivity contribution in [1.29, 1.82) is 0 Å². The van der Waals surface area contributed by atoms with Crippen LogP contribution in [0, 0.1) is 5.82 Å². The molecule has 18 heavy (non-hydrogen) atoms. The van der Waals surface area contributed by atoms with Gasteiger partial charge in [-0.2, -0.15) is 5.10 Å². The van der Waals surface area contributed by atoms with E-state index in [-0.39, 0.29) is 5.82 Å². The number of nitrogens with one attached hydrogen (secondary N) is 1. The molecule has 1 aromatic heterocycles. The van der Waals surface area contributed by atoms with E-state index < -0.39 is 0 Å². The van der Waals surface area contributed by atoms with Gasteiger partial charge in [0.15, 0.2) is 0 Å². The van der Waals surface area contributed by atoms with Crippen molar-refractivity contribution in [3.05, 3.63) is 45.4 Å². The van der Waals surface area contributed by atoms with Gasteiger partial charge in [-0.15, -0.1) is 0 Å². The molecule has 0 amide bonds. The summed E-state index contributed by atoms with van der Waals surface area (Å²) >= 11 is 9.33. The number of aromatic nitrogens is 2. The van der Waals surface area contributed by atoms with Gasteiger partial charge >= 0.3 is 0 Å². The Balaban J connectivity index is 2.34. The molecule has 1 heterocycles. The molecular formula is C12H12BrClFN3. The molecule has 0 fully saturated rings. The van der Waals surface area contributed by atoms with Gasteiger partial charge < -0.3 is 5.32 Å². The highest BCUT2D eigenvalue weighted by Crippen LogP contribution is 2.29. The van der Waals surface area contributed by atoms with Crippen molar-refractivity contribution < 1.29 is 4.39 Å². The first-order chi connectivity index (χ1) is 8.61. The van der Waals surface area contributed by atoms with Crippen molar-refractivity contribution in [3.8, 4) is 5.69 Å². The first-order valence-corrected chi connectivity index (χ1v) is 6.69. The Labute approximate surface area is 118 Å². The first kappa shape index (κ1) is 13.5. The van der Waals surface area contributed by atoms with Crippen molar-refractivity contribution in [1.82, 2.24) is 15.1 Å².